The molecular formula is C28H32N4O15S. The van der Waals surface area contributed by atoms with E-state index in [-0.39, 0.29) is 10.7 Å². The van der Waals surface area contributed by atoms with Gasteiger partial charge in [0.15, 0.2) is 36.1 Å². The number of aromatic amines is 1. The minimum absolute atomic E-state index is 0.126. The molecule has 0 aliphatic carbocycles. The number of carbonyl (C=O) groups is 5. The quantitative estimate of drug-likeness (QED) is 0.160. The highest BCUT2D eigenvalue weighted by Crippen LogP contribution is 2.37. The highest BCUT2D eigenvalue weighted by molar-refractivity contribution is 7.99. The summed E-state index contributed by atoms with van der Waals surface area (Å²) in [4.78, 5) is 90.2. The van der Waals surface area contributed by atoms with E-state index in [1.165, 1.54) is 18.3 Å². The van der Waals surface area contributed by atoms with E-state index in [0.29, 0.717) is 0 Å². The number of rotatable bonds is 10. The number of esters is 4. The minimum atomic E-state index is -1.74. The molecule has 2 fully saturated rings. The summed E-state index contributed by atoms with van der Waals surface area (Å²) in [5.41, 5.74) is -2.63. The number of thioether (sulfide) groups is 1. The van der Waals surface area contributed by atoms with Crippen molar-refractivity contribution >= 4 is 47.2 Å². The van der Waals surface area contributed by atoms with Gasteiger partial charge < -0.3 is 44.0 Å². The molecule has 0 radical (unpaired) electrons. The number of hydrogen-bond donors (Lipinski definition) is 4. The van der Waals surface area contributed by atoms with Crippen LogP contribution in [-0.4, -0.2) is 109 Å². The average Bonchev–Trinajstić information content (AvgIpc) is 3.29. The van der Waals surface area contributed by atoms with E-state index >= 15 is 0 Å². The second-order valence-electron chi connectivity index (χ2n) is 10.5. The fraction of sp³-hybridized carbons (Fsp3) is 0.500. The van der Waals surface area contributed by atoms with Crippen molar-refractivity contribution in [3.05, 3.63) is 51.4 Å². The fourth-order valence-corrected chi connectivity index (χ4v) is 5.91. The van der Waals surface area contributed by atoms with E-state index in [4.69, 9.17) is 28.4 Å². The Labute approximate surface area is 274 Å². The van der Waals surface area contributed by atoms with E-state index in [9.17, 15) is 43.8 Å². The molecule has 20 heteroatoms. The monoisotopic (exact) mass is 696 g/mol. The van der Waals surface area contributed by atoms with Crippen LogP contribution in [0, 0.1) is 0 Å². The number of hydrogen-bond acceptors (Lipinski definition) is 17. The number of aliphatic hydroxyl groups excluding tert-OH is 2. The van der Waals surface area contributed by atoms with Gasteiger partial charge in [-0.3, -0.25) is 38.3 Å². The Kier molecular flexibility index (Phi) is 11.7. The number of amides is 1. The molecule has 260 valence electrons. The summed E-state index contributed by atoms with van der Waals surface area (Å²) in [5.74, 6) is -3.88. The Bertz CT molecular complexity index is 1650. The number of carbonyl (C=O) groups excluding carboxylic acids is 5. The van der Waals surface area contributed by atoms with Gasteiger partial charge in [0, 0.05) is 40.0 Å². The summed E-state index contributed by atoms with van der Waals surface area (Å²) in [7, 11) is 0. The lowest BCUT2D eigenvalue weighted by molar-refractivity contribution is -0.237. The second-order valence-corrected chi connectivity index (χ2v) is 11.6. The molecule has 2 aromatic rings. The van der Waals surface area contributed by atoms with Gasteiger partial charge >= 0.3 is 29.6 Å². The lowest BCUT2D eigenvalue weighted by Crippen LogP contribution is -2.61. The van der Waals surface area contributed by atoms with Crippen molar-refractivity contribution in [3.63, 3.8) is 0 Å². The number of aromatic nitrogens is 3. The van der Waals surface area contributed by atoms with Crippen LogP contribution >= 0.6 is 11.8 Å². The standard InChI is InChI=1S/C28H32N4O15S/c1-11(33)42-10-16-21(43-12(2)34)23(44-13(3)35)24(45-14(4)36)27(46-16)48-18-6-5-15(9-29-18)30-25(40)22-19(38)20(39)26(47-22)32-8-7-17(37)31-28(32)41/h5-9,16,19-24,26-27,38-39H,10H2,1-4H3,(H,30,40)(H,31,37,41)/t16-,19+,20-,21-,22+,23+,24-,26-,27+/m1/s1. The van der Waals surface area contributed by atoms with Crippen molar-refractivity contribution in [2.24, 2.45) is 0 Å². The maximum Gasteiger partial charge on any atom is 0.330 e. The van der Waals surface area contributed by atoms with Crippen LogP contribution in [0.1, 0.15) is 33.9 Å². The molecule has 2 saturated heterocycles. The molecule has 2 aliphatic rings. The number of anilines is 1. The Balaban J connectivity index is 1.51. The van der Waals surface area contributed by atoms with Gasteiger partial charge in [-0.05, 0) is 12.1 Å². The van der Waals surface area contributed by atoms with Gasteiger partial charge in [-0.2, -0.15) is 0 Å². The highest BCUT2D eigenvalue weighted by atomic mass is 32.2. The Morgan fingerprint density at radius 2 is 1.54 bits per heavy atom. The molecule has 2 aromatic heterocycles. The largest absolute Gasteiger partial charge is 0.463 e. The molecule has 9 atom stereocenters. The molecule has 0 aromatic carbocycles. The molecule has 0 spiro atoms. The summed E-state index contributed by atoms with van der Waals surface area (Å²) in [6.45, 7) is 4.06. The van der Waals surface area contributed by atoms with Crippen LogP contribution in [0.15, 0.2) is 45.2 Å². The first-order valence-electron chi connectivity index (χ1n) is 14.2. The third kappa shape index (κ3) is 8.83. The van der Waals surface area contributed by atoms with Crippen LogP contribution in [0.2, 0.25) is 0 Å². The zero-order chi connectivity index (χ0) is 35.3. The summed E-state index contributed by atoms with van der Waals surface area (Å²) < 4.78 is 33.6. The fourth-order valence-electron chi connectivity index (χ4n) is 4.87. The third-order valence-corrected chi connectivity index (χ3v) is 7.91. The summed E-state index contributed by atoms with van der Waals surface area (Å²) in [6, 6.07) is 3.86. The molecule has 0 bridgehead atoms. The molecule has 48 heavy (non-hydrogen) atoms. The van der Waals surface area contributed by atoms with Gasteiger partial charge in [-0.1, -0.05) is 11.8 Å². The molecule has 2 aliphatic heterocycles. The highest BCUT2D eigenvalue weighted by Gasteiger charge is 2.53. The SMILES string of the molecule is CC(=O)OC[C@H]1O[C@@H](Sc2ccc(NC(=O)[C@H]3O[C@@H](n4ccc(=O)[nH]c4=O)[C@H](O)[C@@H]3O)cn2)[C@H](OC(C)=O)[C@@H](OC(C)=O)[C@@H]1OC(C)=O. The van der Waals surface area contributed by atoms with Crippen molar-refractivity contribution in [2.75, 3.05) is 11.9 Å². The number of nitrogens with one attached hydrogen (secondary N) is 2. The number of pyridine rings is 1. The van der Waals surface area contributed by atoms with Crippen LogP contribution in [0.25, 0.3) is 0 Å². The topological polar surface area (TPSA) is 261 Å². The van der Waals surface area contributed by atoms with Gasteiger partial charge in [0.25, 0.3) is 11.5 Å². The molecule has 19 nitrogen and oxygen atoms in total. The Hall–Kier alpha value is -4.63. The van der Waals surface area contributed by atoms with Gasteiger partial charge in [0.1, 0.15) is 24.9 Å². The first-order valence-corrected chi connectivity index (χ1v) is 15.1. The van der Waals surface area contributed by atoms with E-state index in [0.717, 1.165) is 56.3 Å². The molecule has 4 N–H and O–H groups in total. The van der Waals surface area contributed by atoms with Crippen LogP contribution in [0.5, 0.6) is 0 Å². The number of H-pyrrole nitrogens is 1. The van der Waals surface area contributed by atoms with Crippen LogP contribution in [0.4, 0.5) is 5.69 Å². The van der Waals surface area contributed by atoms with E-state index in [2.05, 4.69) is 10.3 Å². The lowest BCUT2D eigenvalue weighted by atomic mass is 9.99. The van der Waals surface area contributed by atoms with E-state index < -0.39 is 102 Å². The van der Waals surface area contributed by atoms with Crippen LogP contribution < -0.4 is 16.6 Å². The van der Waals surface area contributed by atoms with E-state index in [1.54, 1.807) is 0 Å². The van der Waals surface area contributed by atoms with Gasteiger partial charge in [-0.15, -0.1) is 0 Å². The molecule has 0 unspecified atom stereocenters. The molecule has 1 amide bonds. The molecule has 0 saturated carbocycles. The number of nitrogens with zero attached hydrogens (tertiary/aromatic N) is 2. The maximum atomic E-state index is 12.9. The number of aliphatic hydroxyl groups is 2. The molecular weight excluding hydrogens is 664 g/mol. The zero-order valence-corrected chi connectivity index (χ0v) is 26.6. The Morgan fingerprint density at radius 1 is 0.896 bits per heavy atom. The smallest absolute Gasteiger partial charge is 0.330 e. The van der Waals surface area contributed by atoms with Gasteiger partial charge in [0.05, 0.1) is 16.9 Å². The predicted octanol–water partition coefficient (Wildman–Crippen LogP) is -1.64. The van der Waals surface area contributed by atoms with Gasteiger partial charge in [0.2, 0.25) is 0 Å². The summed E-state index contributed by atoms with van der Waals surface area (Å²) >= 11 is 0.907. The summed E-state index contributed by atoms with van der Waals surface area (Å²) in [6.07, 6.45) is -9.42. The summed E-state index contributed by atoms with van der Waals surface area (Å²) in [5, 5.41) is 23.6. The minimum Gasteiger partial charge on any atom is -0.463 e. The maximum absolute atomic E-state index is 12.9. The van der Waals surface area contributed by atoms with Crippen molar-refractivity contribution in [1.29, 1.82) is 0 Å². The van der Waals surface area contributed by atoms with E-state index in [1.807, 2.05) is 4.98 Å². The first-order chi connectivity index (χ1) is 22.6. The van der Waals surface area contributed by atoms with Gasteiger partial charge in [-0.25, -0.2) is 9.78 Å². The predicted molar refractivity (Wildman–Crippen MR) is 158 cm³/mol. The normalized spacial score (nSPS) is 28.2. The Morgan fingerprint density at radius 3 is 2.12 bits per heavy atom. The number of ether oxygens (including phenoxy) is 6. The zero-order valence-electron chi connectivity index (χ0n) is 25.8. The molecule has 4 heterocycles. The van der Waals surface area contributed by atoms with Crippen molar-refractivity contribution in [3.8, 4) is 0 Å². The van der Waals surface area contributed by atoms with Crippen LogP contribution in [-0.2, 0) is 52.4 Å². The third-order valence-electron chi connectivity index (χ3n) is 6.81. The van der Waals surface area contributed by atoms with Crippen LogP contribution in [0.3, 0.4) is 0 Å². The van der Waals surface area contributed by atoms with Crippen molar-refractivity contribution in [2.45, 2.75) is 87.1 Å². The molecule has 4 rings (SSSR count). The average molecular weight is 697 g/mol. The lowest BCUT2D eigenvalue weighted by Gasteiger charge is -2.44. The van der Waals surface area contributed by atoms with Crippen molar-refractivity contribution < 1.29 is 62.6 Å². The second kappa shape index (κ2) is 15.5. The van der Waals surface area contributed by atoms with Crippen molar-refractivity contribution in [1.82, 2.24) is 14.5 Å². The first kappa shape index (κ1) is 36.2.